The Kier molecular flexibility index (Phi) is 7.08. The van der Waals surface area contributed by atoms with Gasteiger partial charge in [0.05, 0.1) is 5.60 Å². The third kappa shape index (κ3) is 6.64. The molecule has 2 N–H and O–H groups in total. The molecule has 0 bridgehead atoms. The third-order valence-electron chi connectivity index (χ3n) is 3.38. The first-order valence-electron chi connectivity index (χ1n) is 7.09. The van der Waals surface area contributed by atoms with Crippen LogP contribution in [0.25, 0.3) is 0 Å². The zero-order chi connectivity index (χ0) is 13.4. The maximum atomic E-state index is 11.6. The van der Waals surface area contributed by atoms with E-state index in [4.69, 9.17) is 0 Å². The van der Waals surface area contributed by atoms with Crippen LogP contribution in [0.4, 0.5) is 0 Å². The molecule has 0 saturated carbocycles. The lowest BCUT2D eigenvalue weighted by Gasteiger charge is -2.21. The van der Waals surface area contributed by atoms with Crippen LogP contribution in [0, 0.1) is 5.92 Å². The van der Waals surface area contributed by atoms with Gasteiger partial charge < -0.3 is 10.4 Å². The summed E-state index contributed by atoms with van der Waals surface area (Å²) < 4.78 is 0. The lowest BCUT2D eigenvalue weighted by atomic mass is 10.0. The summed E-state index contributed by atoms with van der Waals surface area (Å²) in [4.78, 5) is 11.6. The molecule has 1 amide bonds. The van der Waals surface area contributed by atoms with Gasteiger partial charge in [-0.15, -0.1) is 0 Å². The van der Waals surface area contributed by atoms with Gasteiger partial charge in [0.2, 0.25) is 5.91 Å². The highest BCUT2D eigenvalue weighted by Crippen LogP contribution is 2.26. The molecule has 0 radical (unpaired) electrons. The molecule has 1 atom stereocenters. The highest BCUT2D eigenvalue weighted by molar-refractivity contribution is 7.99. The van der Waals surface area contributed by atoms with E-state index in [1.165, 1.54) is 12.8 Å². The van der Waals surface area contributed by atoms with E-state index in [1.54, 1.807) is 11.8 Å². The van der Waals surface area contributed by atoms with Crippen LogP contribution in [-0.2, 0) is 4.79 Å². The smallest absolute Gasteiger partial charge is 0.220 e. The quantitative estimate of drug-likeness (QED) is 0.668. The molecule has 0 aromatic rings. The molecule has 1 fully saturated rings. The van der Waals surface area contributed by atoms with Gasteiger partial charge in [-0.1, -0.05) is 33.1 Å². The summed E-state index contributed by atoms with van der Waals surface area (Å²) in [6.07, 6.45) is 5.95. The molecule has 1 aliphatic heterocycles. The molecule has 1 aliphatic rings. The Bertz CT molecular complexity index is 250. The molecular weight excluding hydrogens is 246 g/mol. The molecule has 1 rings (SSSR count). The van der Waals surface area contributed by atoms with E-state index in [0.717, 1.165) is 36.7 Å². The largest absolute Gasteiger partial charge is 0.387 e. The highest BCUT2D eigenvalue weighted by Gasteiger charge is 2.31. The molecule has 0 spiro atoms. The predicted octanol–water partition coefficient (Wildman–Crippen LogP) is 2.58. The molecule has 0 aromatic carbocycles. The van der Waals surface area contributed by atoms with E-state index in [-0.39, 0.29) is 5.91 Å². The summed E-state index contributed by atoms with van der Waals surface area (Å²) >= 11 is 1.76. The Balaban J connectivity index is 2.00. The molecule has 0 aromatic heterocycles. The van der Waals surface area contributed by atoms with Crippen molar-refractivity contribution in [3.05, 3.63) is 0 Å². The van der Waals surface area contributed by atoms with Crippen molar-refractivity contribution in [2.24, 2.45) is 5.92 Å². The fourth-order valence-electron chi connectivity index (χ4n) is 2.10. The van der Waals surface area contributed by atoms with Crippen LogP contribution in [0.15, 0.2) is 0 Å². The second kappa shape index (κ2) is 8.05. The Labute approximate surface area is 115 Å². The average molecular weight is 273 g/mol. The highest BCUT2D eigenvalue weighted by atomic mass is 32.2. The van der Waals surface area contributed by atoms with Crippen LogP contribution in [0.3, 0.4) is 0 Å². The van der Waals surface area contributed by atoms with Gasteiger partial charge in [-0.2, -0.15) is 11.8 Å². The maximum Gasteiger partial charge on any atom is 0.220 e. The van der Waals surface area contributed by atoms with Gasteiger partial charge in [-0.3, -0.25) is 4.79 Å². The van der Waals surface area contributed by atoms with Crippen LogP contribution in [0.1, 0.15) is 52.4 Å². The number of rotatable bonds is 8. The van der Waals surface area contributed by atoms with Crippen LogP contribution >= 0.6 is 11.8 Å². The molecule has 106 valence electrons. The third-order valence-corrected chi connectivity index (χ3v) is 4.62. The average Bonchev–Trinajstić information content (AvgIpc) is 2.73. The number of aliphatic hydroxyl groups is 1. The van der Waals surface area contributed by atoms with E-state index in [9.17, 15) is 9.90 Å². The standard InChI is InChI=1S/C14H27NO2S/c1-12(2)6-4-3-5-7-13(16)15-10-14(17)8-9-18-11-14/h12,17H,3-11H2,1-2H3,(H,15,16). The van der Waals surface area contributed by atoms with Gasteiger partial charge >= 0.3 is 0 Å². The number of nitrogens with one attached hydrogen (secondary N) is 1. The van der Waals surface area contributed by atoms with E-state index in [0.29, 0.717) is 13.0 Å². The summed E-state index contributed by atoms with van der Waals surface area (Å²) in [5.74, 6) is 2.60. The van der Waals surface area contributed by atoms with Crippen molar-refractivity contribution >= 4 is 17.7 Å². The monoisotopic (exact) mass is 273 g/mol. The van der Waals surface area contributed by atoms with Gasteiger partial charge in [0.1, 0.15) is 0 Å². The molecule has 1 unspecified atom stereocenters. The van der Waals surface area contributed by atoms with Gasteiger partial charge in [0.15, 0.2) is 0 Å². The second-order valence-electron chi connectivity index (χ2n) is 5.80. The van der Waals surface area contributed by atoms with Crippen molar-refractivity contribution in [3.8, 4) is 0 Å². The maximum absolute atomic E-state index is 11.6. The summed E-state index contributed by atoms with van der Waals surface area (Å²) in [5, 5.41) is 12.9. The van der Waals surface area contributed by atoms with Crippen molar-refractivity contribution in [3.63, 3.8) is 0 Å². The second-order valence-corrected chi connectivity index (χ2v) is 6.90. The summed E-state index contributed by atoms with van der Waals surface area (Å²) in [6.45, 7) is 4.88. The van der Waals surface area contributed by atoms with Gasteiger partial charge in [-0.25, -0.2) is 0 Å². The molecular formula is C14H27NO2S. The number of carbonyl (C=O) groups excluding carboxylic acids is 1. The SMILES string of the molecule is CC(C)CCCCCC(=O)NCC1(O)CCSC1. The fraction of sp³-hybridized carbons (Fsp3) is 0.929. The first-order valence-corrected chi connectivity index (χ1v) is 8.24. The normalized spacial score (nSPS) is 23.6. The van der Waals surface area contributed by atoms with E-state index >= 15 is 0 Å². The van der Waals surface area contributed by atoms with E-state index in [2.05, 4.69) is 19.2 Å². The Hall–Kier alpha value is -0.220. The summed E-state index contributed by atoms with van der Waals surface area (Å²) in [6, 6.07) is 0. The topological polar surface area (TPSA) is 49.3 Å². The van der Waals surface area contributed by atoms with E-state index < -0.39 is 5.60 Å². The van der Waals surface area contributed by atoms with Crippen molar-refractivity contribution in [2.75, 3.05) is 18.1 Å². The number of carbonyl (C=O) groups is 1. The van der Waals surface area contributed by atoms with Crippen molar-refractivity contribution < 1.29 is 9.90 Å². The van der Waals surface area contributed by atoms with Gasteiger partial charge in [0, 0.05) is 18.7 Å². The number of hydrogen-bond acceptors (Lipinski definition) is 3. The molecule has 0 aliphatic carbocycles. The minimum atomic E-state index is -0.655. The van der Waals surface area contributed by atoms with E-state index in [1.807, 2.05) is 0 Å². The van der Waals surface area contributed by atoms with Crippen LogP contribution in [0.5, 0.6) is 0 Å². The number of hydrogen-bond donors (Lipinski definition) is 2. The van der Waals surface area contributed by atoms with Gasteiger partial charge in [0.25, 0.3) is 0 Å². The van der Waals surface area contributed by atoms with Crippen molar-refractivity contribution in [1.82, 2.24) is 5.32 Å². The van der Waals surface area contributed by atoms with Crippen LogP contribution in [-0.4, -0.2) is 34.7 Å². The molecule has 1 heterocycles. The zero-order valence-corrected chi connectivity index (χ0v) is 12.5. The Morgan fingerprint density at radius 2 is 2.17 bits per heavy atom. The lowest BCUT2D eigenvalue weighted by Crippen LogP contribution is -2.42. The fourth-order valence-corrected chi connectivity index (χ4v) is 3.40. The first-order chi connectivity index (χ1) is 8.52. The first kappa shape index (κ1) is 15.8. The summed E-state index contributed by atoms with van der Waals surface area (Å²) in [7, 11) is 0. The molecule has 18 heavy (non-hydrogen) atoms. The van der Waals surface area contributed by atoms with Crippen molar-refractivity contribution in [2.45, 2.75) is 58.0 Å². The van der Waals surface area contributed by atoms with Crippen molar-refractivity contribution in [1.29, 1.82) is 0 Å². The molecule has 3 nitrogen and oxygen atoms in total. The predicted molar refractivity (Wildman–Crippen MR) is 77.8 cm³/mol. The summed E-state index contributed by atoms with van der Waals surface area (Å²) in [5.41, 5.74) is -0.655. The number of amides is 1. The minimum absolute atomic E-state index is 0.0878. The Morgan fingerprint density at radius 3 is 2.78 bits per heavy atom. The Morgan fingerprint density at radius 1 is 1.39 bits per heavy atom. The number of unbranched alkanes of at least 4 members (excludes halogenated alkanes) is 2. The lowest BCUT2D eigenvalue weighted by molar-refractivity contribution is -0.122. The molecule has 4 heteroatoms. The van der Waals surface area contributed by atoms with Gasteiger partial charge in [-0.05, 0) is 24.5 Å². The van der Waals surface area contributed by atoms with Crippen LogP contribution < -0.4 is 5.32 Å². The molecule has 1 saturated heterocycles. The van der Waals surface area contributed by atoms with Crippen LogP contribution in [0.2, 0.25) is 0 Å². The zero-order valence-electron chi connectivity index (χ0n) is 11.7. The number of thioether (sulfide) groups is 1. The minimum Gasteiger partial charge on any atom is -0.387 e.